The molecule has 114 valence electrons. The largest absolute Gasteiger partial charge is 0.395 e. The average Bonchev–Trinajstić information content (AvgIpc) is 2.90. The Bertz CT molecular complexity index is 571. The molecule has 0 saturated heterocycles. The maximum absolute atomic E-state index is 12.1. The molecule has 0 fully saturated rings. The SMILES string of the molecule is CCCN(CCO)C(=O)CCCc1c[nH]c2ccccc12. The van der Waals surface area contributed by atoms with Crippen molar-refractivity contribution in [2.45, 2.75) is 32.6 Å². The highest BCUT2D eigenvalue weighted by atomic mass is 16.3. The topological polar surface area (TPSA) is 56.3 Å². The molecule has 1 amide bonds. The number of nitrogens with zero attached hydrogens (tertiary/aromatic N) is 1. The summed E-state index contributed by atoms with van der Waals surface area (Å²) >= 11 is 0. The summed E-state index contributed by atoms with van der Waals surface area (Å²) < 4.78 is 0. The number of aryl methyl sites for hydroxylation is 1. The minimum Gasteiger partial charge on any atom is -0.395 e. The predicted octanol–water partition coefficient (Wildman–Crippen LogP) is 2.72. The molecule has 2 aromatic rings. The first-order valence-corrected chi connectivity index (χ1v) is 7.70. The third-order valence-electron chi connectivity index (χ3n) is 3.73. The van der Waals surface area contributed by atoms with Gasteiger partial charge in [0.1, 0.15) is 0 Å². The van der Waals surface area contributed by atoms with E-state index in [2.05, 4.69) is 17.1 Å². The first-order valence-electron chi connectivity index (χ1n) is 7.70. The van der Waals surface area contributed by atoms with Crippen LogP contribution in [-0.2, 0) is 11.2 Å². The van der Waals surface area contributed by atoms with Gasteiger partial charge >= 0.3 is 0 Å². The van der Waals surface area contributed by atoms with Gasteiger partial charge in [-0.15, -0.1) is 0 Å². The molecule has 2 rings (SSSR count). The number of aromatic amines is 1. The van der Waals surface area contributed by atoms with Crippen molar-refractivity contribution in [2.24, 2.45) is 0 Å². The third kappa shape index (κ3) is 4.08. The first-order chi connectivity index (χ1) is 10.3. The van der Waals surface area contributed by atoms with Gasteiger partial charge in [0.05, 0.1) is 6.61 Å². The van der Waals surface area contributed by atoms with Gasteiger partial charge in [-0.2, -0.15) is 0 Å². The van der Waals surface area contributed by atoms with E-state index < -0.39 is 0 Å². The molecular formula is C17H24N2O2. The minimum absolute atomic E-state index is 0.0359. The molecule has 0 atom stereocenters. The van der Waals surface area contributed by atoms with Gasteiger partial charge in [-0.05, 0) is 30.9 Å². The lowest BCUT2D eigenvalue weighted by Crippen LogP contribution is -2.34. The fourth-order valence-corrected chi connectivity index (χ4v) is 2.68. The van der Waals surface area contributed by atoms with Gasteiger partial charge in [0.25, 0.3) is 0 Å². The number of carbonyl (C=O) groups excluding carboxylic acids is 1. The van der Waals surface area contributed by atoms with Crippen molar-refractivity contribution in [3.63, 3.8) is 0 Å². The van der Waals surface area contributed by atoms with E-state index in [9.17, 15) is 4.79 Å². The van der Waals surface area contributed by atoms with Gasteiger partial charge in [0, 0.05) is 36.6 Å². The van der Waals surface area contributed by atoms with Crippen LogP contribution in [0.15, 0.2) is 30.5 Å². The van der Waals surface area contributed by atoms with E-state index in [1.165, 1.54) is 10.9 Å². The molecule has 0 aliphatic rings. The number of benzene rings is 1. The number of aromatic nitrogens is 1. The molecule has 0 radical (unpaired) electrons. The molecule has 2 N–H and O–H groups in total. The summed E-state index contributed by atoms with van der Waals surface area (Å²) in [7, 11) is 0. The monoisotopic (exact) mass is 288 g/mol. The van der Waals surface area contributed by atoms with Crippen LogP contribution in [0.4, 0.5) is 0 Å². The van der Waals surface area contributed by atoms with Gasteiger partial charge in [-0.1, -0.05) is 25.1 Å². The Labute approximate surface area is 125 Å². The number of H-pyrrole nitrogens is 1. The zero-order valence-electron chi connectivity index (χ0n) is 12.6. The molecule has 21 heavy (non-hydrogen) atoms. The lowest BCUT2D eigenvalue weighted by Gasteiger charge is -2.20. The number of amides is 1. The molecule has 1 heterocycles. The van der Waals surface area contributed by atoms with E-state index in [0.29, 0.717) is 13.0 Å². The number of hydrogen-bond donors (Lipinski definition) is 2. The van der Waals surface area contributed by atoms with Crippen molar-refractivity contribution in [3.8, 4) is 0 Å². The van der Waals surface area contributed by atoms with E-state index in [-0.39, 0.29) is 12.5 Å². The first kappa shape index (κ1) is 15.6. The Hall–Kier alpha value is -1.81. The molecule has 0 aliphatic carbocycles. The maximum atomic E-state index is 12.1. The summed E-state index contributed by atoms with van der Waals surface area (Å²) in [5.74, 6) is 0.144. The molecule has 0 unspecified atom stereocenters. The van der Waals surface area contributed by atoms with E-state index in [4.69, 9.17) is 5.11 Å². The minimum atomic E-state index is 0.0359. The second-order valence-corrected chi connectivity index (χ2v) is 5.32. The van der Waals surface area contributed by atoms with Crippen molar-refractivity contribution in [1.29, 1.82) is 0 Å². The number of nitrogens with one attached hydrogen (secondary N) is 1. The van der Waals surface area contributed by atoms with Crippen molar-refractivity contribution < 1.29 is 9.90 Å². The number of rotatable bonds is 8. The van der Waals surface area contributed by atoms with Crippen molar-refractivity contribution in [2.75, 3.05) is 19.7 Å². The zero-order chi connectivity index (χ0) is 15.1. The standard InChI is InChI=1S/C17H24N2O2/c1-2-10-19(11-12-20)17(21)9-5-6-14-13-18-16-8-4-3-7-15(14)16/h3-4,7-8,13,18,20H,2,5-6,9-12H2,1H3. The summed E-state index contributed by atoms with van der Waals surface area (Å²) in [6, 6.07) is 8.23. The Morgan fingerprint density at radius 2 is 2.10 bits per heavy atom. The fourth-order valence-electron chi connectivity index (χ4n) is 2.68. The molecule has 1 aromatic carbocycles. The second-order valence-electron chi connectivity index (χ2n) is 5.32. The van der Waals surface area contributed by atoms with Crippen LogP contribution in [-0.4, -0.2) is 40.6 Å². The smallest absolute Gasteiger partial charge is 0.222 e. The van der Waals surface area contributed by atoms with E-state index in [1.54, 1.807) is 4.90 Å². The fraction of sp³-hybridized carbons (Fsp3) is 0.471. The van der Waals surface area contributed by atoms with Crippen molar-refractivity contribution in [1.82, 2.24) is 9.88 Å². The summed E-state index contributed by atoms with van der Waals surface area (Å²) in [5, 5.41) is 10.2. The van der Waals surface area contributed by atoms with Crippen LogP contribution in [0.5, 0.6) is 0 Å². The number of hydrogen-bond acceptors (Lipinski definition) is 2. The summed E-state index contributed by atoms with van der Waals surface area (Å²) in [4.78, 5) is 17.1. The highest BCUT2D eigenvalue weighted by Gasteiger charge is 2.12. The number of fused-ring (bicyclic) bond motifs is 1. The van der Waals surface area contributed by atoms with Gasteiger partial charge in [0.2, 0.25) is 5.91 Å². The summed E-state index contributed by atoms with van der Waals surface area (Å²) in [5.41, 5.74) is 2.41. The lowest BCUT2D eigenvalue weighted by atomic mass is 10.1. The van der Waals surface area contributed by atoms with Crippen molar-refractivity contribution in [3.05, 3.63) is 36.0 Å². The van der Waals surface area contributed by atoms with Crippen LogP contribution >= 0.6 is 0 Å². The molecule has 4 nitrogen and oxygen atoms in total. The molecular weight excluding hydrogens is 264 g/mol. The molecule has 4 heteroatoms. The van der Waals surface area contributed by atoms with Crippen LogP contribution < -0.4 is 0 Å². The quantitative estimate of drug-likeness (QED) is 0.784. The van der Waals surface area contributed by atoms with Crippen LogP contribution in [0.2, 0.25) is 0 Å². The van der Waals surface area contributed by atoms with Gasteiger partial charge < -0.3 is 15.0 Å². The number of para-hydroxylation sites is 1. The highest BCUT2D eigenvalue weighted by Crippen LogP contribution is 2.19. The van der Waals surface area contributed by atoms with E-state index in [1.807, 2.05) is 25.3 Å². The second kappa shape index (κ2) is 7.84. The molecule has 0 saturated carbocycles. The van der Waals surface area contributed by atoms with Crippen LogP contribution in [0.25, 0.3) is 10.9 Å². The van der Waals surface area contributed by atoms with Crippen molar-refractivity contribution >= 4 is 16.8 Å². The third-order valence-corrected chi connectivity index (χ3v) is 3.73. The van der Waals surface area contributed by atoms with Crippen LogP contribution in [0.3, 0.4) is 0 Å². The Kier molecular flexibility index (Phi) is 5.81. The Balaban J connectivity index is 1.87. The predicted molar refractivity (Wildman–Crippen MR) is 85.2 cm³/mol. The number of aliphatic hydroxyl groups is 1. The number of carbonyl (C=O) groups is 1. The molecule has 0 spiro atoms. The number of aliphatic hydroxyl groups excluding tert-OH is 1. The van der Waals surface area contributed by atoms with E-state index >= 15 is 0 Å². The van der Waals surface area contributed by atoms with Gasteiger partial charge in [-0.25, -0.2) is 0 Å². The normalized spacial score (nSPS) is 11.0. The Morgan fingerprint density at radius 3 is 2.86 bits per heavy atom. The molecule has 0 aliphatic heterocycles. The Morgan fingerprint density at radius 1 is 1.29 bits per heavy atom. The summed E-state index contributed by atoms with van der Waals surface area (Å²) in [6.07, 6.45) is 5.24. The summed E-state index contributed by atoms with van der Waals surface area (Å²) in [6.45, 7) is 3.25. The van der Waals surface area contributed by atoms with Crippen LogP contribution in [0, 0.1) is 0 Å². The maximum Gasteiger partial charge on any atom is 0.222 e. The molecule has 1 aromatic heterocycles. The molecule has 0 bridgehead atoms. The van der Waals surface area contributed by atoms with Gasteiger partial charge in [0.15, 0.2) is 0 Å². The van der Waals surface area contributed by atoms with E-state index in [0.717, 1.165) is 31.3 Å². The highest BCUT2D eigenvalue weighted by molar-refractivity contribution is 5.83. The van der Waals surface area contributed by atoms with Gasteiger partial charge in [-0.3, -0.25) is 4.79 Å². The average molecular weight is 288 g/mol. The zero-order valence-corrected chi connectivity index (χ0v) is 12.6. The lowest BCUT2D eigenvalue weighted by molar-refractivity contribution is -0.131. The van der Waals surface area contributed by atoms with Crippen LogP contribution in [0.1, 0.15) is 31.7 Å².